The summed E-state index contributed by atoms with van der Waals surface area (Å²) in [5, 5.41) is 10.3. The molecular formula is C16H18FNO3. The second kappa shape index (κ2) is 5.95. The molecule has 2 aromatic rings. The van der Waals surface area contributed by atoms with E-state index in [0.29, 0.717) is 30.0 Å². The minimum absolute atomic E-state index is 0.210. The molecule has 0 unspecified atom stereocenters. The molecule has 3 rings (SSSR count). The lowest BCUT2D eigenvalue weighted by Gasteiger charge is -2.31. The largest absolute Gasteiger partial charge is 0.444 e. The van der Waals surface area contributed by atoms with Crippen LogP contribution in [0.25, 0.3) is 11.5 Å². The van der Waals surface area contributed by atoms with Crippen LogP contribution in [0.4, 0.5) is 4.39 Å². The van der Waals surface area contributed by atoms with Crippen molar-refractivity contribution in [1.82, 2.24) is 4.98 Å². The van der Waals surface area contributed by atoms with Crippen LogP contribution in [-0.2, 0) is 11.3 Å². The van der Waals surface area contributed by atoms with Gasteiger partial charge in [0.15, 0.2) is 5.79 Å². The smallest absolute Gasteiger partial charge is 0.226 e. The van der Waals surface area contributed by atoms with Crippen LogP contribution in [0.15, 0.2) is 34.9 Å². The fourth-order valence-corrected chi connectivity index (χ4v) is 2.56. The predicted octanol–water partition coefficient (Wildman–Crippen LogP) is 3.65. The molecule has 1 N–H and O–H groups in total. The first-order valence-electron chi connectivity index (χ1n) is 7.21. The van der Waals surface area contributed by atoms with Gasteiger partial charge in [-0.25, -0.2) is 9.37 Å². The maximum absolute atomic E-state index is 12.9. The van der Waals surface area contributed by atoms with Crippen LogP contribution >= 0.6 is 0 Å². The third-order valence-electron chi connectivity index (χ3n) is 3.77. The Kier molecular flexibility index (Phi) is 4.03. The minimum atomic E-state index is -1.03. The van der Waals surface area contributed by atoms with Crippen molar-refractivity contribution in [2.75, 3.05) is 0 Å². The predicted molar refractivity (Wildman–Crippen MR) is 74.7 cm³/mol. The van der Waals surface area contributed by atoms with Gasteiger partial charge < -0.3 is 14.3 Å². The molecule has 0 saturated heterocycles. The second-order valence-corrected chi connectivity index (χ2v) is 5.45. The van der Waals surface area contributed by atoms with E-state index in [2.05, 4.69) is 4.98 Å². The summed E-state index contributed by atoms with van der Waals surface area (Å²) in [6.45, 7) is 0.210. The van der Waals surface area contributed by atoms with Crippen molar-refractivity contribution in [2.45, 2.75) is 44.5 Å². The van der Waals surface area contributed by atoms with Gasteiger partial charge in [-0.1, -0.05) is 6.42 Å². The first kappa shape index (κ1) is 14.2. The van der Waals surface area contributed by atoms with Gasteiger partial charge >= 0.3 is 0 Å². The Hall–Kier alpha value is -1.72. The fraction of sp³-hybridized carbons (Fsp3) is 0.438. The van der Waals surface area contributed by atoms with Crippen molar-refractivity contribution >= 4 is 0 Å². The molecule has 0 aliphatic heterocycles. The molecule has 0 bridgehead atoms. The summed E-state index contributed by atoms with van der Waals surface area (Å²) in [5.74, 6) is -0.912. The normalized spacial score (nSPS) is 17.8. The van der Waals surface area contributed by atoms with Gasteiger partial charge in [0.1, 0.15) is 17.8 Å². The highest BCUT2D eigenvalue weighted by atomic mass is 19.1. The maximum Gasteiger partial charge on any atom is 0.226 e. The SMILES string of the molecule is OC1(OCc2coc(-c3ccc(F)cc3)n2)CCCCC1. The number of ether oxygens (including phenoxy) is 1. The monoisotopic (exact) mass is 291 g/mol. The van der Waals surface area contributed by atoms with Crippen LogP contribution in [0, 0.1) is 5.82 Å². The first-order valence-corrected chi connectivity index (χ1v) is 7.21. The number of aliphatic hydroxyl groups is 1. The Bertz CT molecular complexity index is 588. The zero-order valence-electron chi connectivity index (χ0n) is 11.7. The van der Waals surface area contributed by atoms with Crippen molar-refractivity contribution in [2.24, 2.45) is 0 Å². The van der Waals surface area contributed by atoms with Gasteiger partial charge in [-0.05, 0) is 37.1 Å². The van der Waals surface area contributed by atoms with Crippen LogP contribution in [0.2, 0.25) is 0 Å². The third-order valence-corrected chi connectivity index (χ3v) is 3.77. The van der Waals surface area contributed by atoms with Crippen molar-refractivity contribution in [3.8, 4) is 11.5 Å². The summed E-state index contributed by atoms with van der Waals surface area (Å²) in [5.41, 5.74) is 1.33. The molecule has 0 radical (unpaired) electrons. The lowest BCUT2D eigenvalue weighted by Crippen LogP contribution is -2.34. The lowest BCUT2D eigenvalue weighted by molar-refractivity contribution is -0.227. The van der Waals surface area contributed by atoms with Crippen molar-refractivity contribution < 1.29 is 18.7 Å². The Labute approximate surface area is 122 Å². The zero-order chi connectivity index (χ0) is 14.7. The summed E-state index contributed by atoms with van der Waals surface area (Å²) >= 11 is 0. The third kappa shape index (κ3) is 3.49. The van der Waals surface area contributed by atoms with E-state index in [1.807, 2.05) is 0 Å². The number of hydrogen-bond donors (Lipinski definition) is 1. The Morgan fingerprint density at radius 2 is 1.90 bits per heavy atom. The quantitative estimate of drug-likeness (QED) is 0.874. The first-order chi connectivity index (χ1) is 10.1. The summed E-state index contributed by atoms with van der Waals surface area (Å²) in [7, 11) is 0. The Morgan fingerprint density at radius 3 is 2.62 bits per heavy atom. The van der Waals surface area contributed by atoms with Gasteiger partial charge in [0.25, 0.3) is 0 Å². The Balaban J connectivity index is 1.63. The molecule has 1 aliphatic rings. The molecule has 1 heterocycles. The van der Waals surface area contributed by atoms with Crippen molar-refractivity contribution in [1.29, 1.82) is 0 Å². The standard InChI is InChI=1S/C16H18FNO3/c17-13-6-4-12(5-7-13)15-18-14(10-20-15)11-21-16(19)8-2-1-3-9-16/h4-7,10,19H,1-3,8-9,11H2. The van der Waals surface area contributed by atoms with Crippen molar-refractivity contribution in [3.63, 3.8) is 0 Å². The highest BCUT2D eigenvalue weighted by molar-refractivity contribution is 5.52. The van der Waals surface area contributed by atoms with Gasteiger partial charge in [0, 0.05) is 18.4 Å². The average molecular weight is 291 g/mol. The molecule has 112 valence electrons. The van der Waals surface area contributed by atoms with E-state index in [1.54, 1.807) is 12.1 Å². The molecule has 1 aromatic heterocycles. The summed E-state index contributed by atoms with van der Waals surface area (Å²) in [4.78, 5) is 4.30. The lowest BCUT2D eigenvalue weighted by atomic mass is 9.94. The van der Waals surface area contributed by atoms with E-state index in [4.69, 9.17) is 9.15 Å². The fourth-order valence-electron chi connectivity index (χ4n) is 2.56. The molecule has 1 aliphatic carbocycles. The zero-order valence-corrected chi connectivity index (χ0v) is 11.7. The number of oxazole rings is 1. The molecule has 4 nitrogen and oxygen atoms in total. The van der Waals surface area contributed by atoms with Crippen LogP contribution in [-0.4, -0.2) is 15.9 Å². The maximum atomic E-state index is 12.9. The molecule has 21 heavy (non-hydrogen) atoms. The second-order valence-electron chi connectivity index (χ2n) is 5.45. The van der Waals surface area contributed by atoms with Crippen LogP contribution in [0.5, 0.6) is 0 Å². The van der Waals surface area contributed by atoms with E-state index in [0.717, 1.165) is 19.3 Å². The number of halogens is 1. The van der Waals surface area contributed by atoms with E-state index in [-0.39, 0.29) is 12.4 Å². The van der Waals surface area contributed by atoms with Gasteiger partial charge in [-0.2, -0.15) is 0 Å². The van der Waals surface area contributed by atoms with Gasteiger partial charge in [0.05, 0.1) is 6.61 Å². The number of rotatable bonds is 4. The number of nitrogens with zero attached hydrogens (tertiary/aromatic N) is 1. The van der Waals surface area contributed by atoms with Crippen molar-refractivity contribution in [3.05, 3.63) is 42.0 Å². The average Bonchev–Trinajstić information content (AvgIpc) is 2.96. The topological polar surface area (TPSA) is 55.5 Å². The van der Waals surface area contributed by atoms with E-state index in [1.165, 1.54) is 18.4 Å². The van der Waals surface area contributed by atoms with Gasteiger partial charge in [-0.15, -0.1) is 0 Å². The van der Waals surface area contributed by atoms with E-state index >= 15 is 0 Å². The number of aromatic nitrogens is 1. The summed E-state index contributed by atoms with van der Waals surface area (Å²) in [6, 6.07) is 5.95. The van der Waals surface area contributed by atoms with Crippen LogP contribution < -0.4 is 0 Å². The van der Waals surface area contributed by atoms with Crippen LogP contribution in [0.3, 0.4) is 0 Å². The Morgan fingerprint density at radius 1 is 1.19 bits per heavy atom. The molecule has 0 atom stereocenters. The molecule has 5 heteroatoms. The van der Waals surface area contributed by atoms with E-state index in [9.17, 15) is 9.50 Å². The minimum Gasteiger partial charge on any atom is -0.444 e. The van der Waals surface area contributed by atoms with Gasteiger partial charge in [0.2, 0.25) is 5.89 Å². The highest BCUT2D eigenvalue weighted by Crippen LogP contribution is 2.30. The molecule has 1 aromatic carbocycles. The highest BCUT2D eigenvalue weighted by Gasteiger charge is 2.30. The molecule has 0 spiro atoms. The molecule has 1 fully saturated rings. The summed E-state index contributed by atoms with van der Waals surface area (Å²) < 4.78 is 23.8. The number of benzene rings is 1. The van der Waals surface area contributed by atoms with Gasteiger partial charge in [-0.3, -0.25) is 0 Å². The number of hydrogen-bond acceptors (Lipinski definition) is 4. The summed E-state index contributed by atoms with van der Waals surface area (Å²) in [6.07, 6.45) is 5.94. The van der Waals surface area contributed by atoms with Crippen LogP contribution in [0.1, 0.15) is 37.8 Å². The van der Waals surface area contributed by atoms with E-state index < -0.39 is 5.79 Å². The molecule has 0 amide bonds. The molecule has 1 saturated carbocycles. The molecular weight excluding hydrogens is 273 g/mol.